The number of alkyl carbamates (subject to hydrolysis) is 1. The van der Waals surface area contributed by atoms with E-state index in [1.165, 1.54) is 13.2 Å². The third-order valence-electron chi connectivity index (χ3n) is 9.09. The van der Waals surface area contributed by atoms with E-state index in [1.54, 1.807) is 75.4 Å². The van der Waals surface area contributed by atoms with Crippen LogP contribution in [-0.4, -0.2) is 63.3 Å². The summed E-state index contributed by atoms with van der Waals surface area (Å²) in [4.78, 5) is 69.4. The first-order chi connectivity index (χ1) is 27.6. The Bertz CT molecular complexity index is 2210. The van der Waals surface area contributed by atoms with E-state index in [-0.39, 0.29) is 30.0 Å². The molecule has 5 aromatic rings. The summed E-state index contributed by atoms with van der Waals surface area (Å²) in [6.07, 6.45) is -1.57. The van der Waals surface area contributed by atoms with Crippen LogP contribution in [0.2, 0.25) is 25.7 Å². The maximum atomic E-state index is 14.5. The number of ether oxygens (including phenoxy) is 4. The smallest absolute Gasteiger partial charge is 0.407 e. The molecule has 58 heavy (non-hydrogen) atoms. The van der Waals surface area contributed by atoms with Gasteiger partial charge in [-0.15, -0.1) is 0 Å². The van der Waals surface area contributed by atoms with Crippen LogP contribution in [0, 0.1) is 0 Å². The molecule has 0 aliphatic heterocycles. The molecule has 0 aliphatic rings. The number of hydrogen-bond acceptors (Lipinski definition) is 9. The Balaban J connectivity index is 1.61. The molecule has 1 N–H and O–H groups in total. The van der Waals surface area contributed by atoms with E-state index in [0.717, 1.165) is 22.1 Å². The number of hydrogen-bond donors (Lipinski definition) is 1. The quantitative estimate of drug-likeness (QED) is 0.0535. The molecular formula is C46H50N2O9Si. The zero-order valence-electron chi connectivity index (χ0n) is 33.9. The van der Waals surface area contributed by atoms with E-state index >= 15 is 0 Å². The predicted octanol–water partition coefficient (Wildman–Crippen LogP) is 8.94. The van der Waals surface area contributed by atoms with Gasteiger partial charge in [0.05, 0.1) is 30.7 Å². The number of methoxy groups -OCH3 is 1. The summed E-state index contributed by atoms with van der Waals surface area (Å²) in [5, 5.41) is 3.73. The van der Waals surface area contributed by atoms with Crippen molar-refractivity contribution >= 4 is 60.1 Å². The van der Waals surface area contributed by atoms with Crippen molar-refractivity contribution in [3.63, 3.8) is 0 Å². The van der Waals surface area contributed by atoms with Gasteiger partial charge in [0.25, 0.3) is 0 Å². The number of amides is 2. The molecule has 0 fully saturated rings. The molecule has 0 aliphatic carbocycles. The lowest BCUT2D eigenvalue weighted by atomic mass is 9.96. The number of esters is 3. The van der Waals surface area contributed by atoms with E-state index in [4.69, 9.17) is 18.9 Å². The van der Waals surface area contributed by atoms with E-state index in [1.807, 2.05) is 60.7 Å². The van der Waals surface area contributed by atoms with E-state index in [0.29, 0.717) is 16.3 Å². The molecule has 0 bridgehead atoms. The number of carbonyl (C=O) groups is 5. The molecule has 0 saturated carbocycles. The second kappa shape index (κ2) is 18.8. The molecule has 1 atom stereocenters. The Kier molecular flexibility index (Phi) is 13.9. The number of nitrogens with zero attached hydrogens (tertiary/aromatic N) is 1. The monoisotopic (exact) mass is 802 g/mol. The van der Waals surface area contributed by atoms with Gasteiger partial charge in [0, 0.05) is 19.9 Å². The summed E-state index contributed by atoms with van der Waals surface area (Å²) in [7, 11) is -0.310. The standard InChI is InChI=1S/C46H50N2O9Si/c1-46(2,3)57-44(52)41(49)48(38-25-17-16-24-36(38)42(50)56-40(31-18-10-8-11-19-31)32-20-12-9-13-21-32)39-27-26-33(34-22-14-15-23-35(34)39)30-37(47-45(53)54-4)43(51)55-28-29-58(5,6)7/h8-27,37,40H,28-30H2,1-7H3,(H,47,53). The Hall–Kier alpha value is -6.27. The third kappa shape index (κ3) is 11.2. The third-order valence-corrected chi connectivity index (χ3v) is 10.8. The number of carbonyl (C=O) groups excluding carboxylic acids is 5. The molecule has 12 heteroatoms. The van der Waals surface area contributed by atoms with Gasteiger partial charge in [-0.3, -0.25) is 9.69 Å². The first-order valence-electron chi connectivity index (χ1n) is 19.1. The van der Waals surface area contributed by atoms with Crippen LogP contribution in [0.1, 0.15) is 53.9 Å². The van der Waals surface area contributed by atoms with Crippen molar-refractivity contribution in [2.75, 3.05) is 18.6 Å². The number of fused-ring (bicyclic) bond motifs is 1. The van der Waals surface area contributed by atoms with Crippen LogP contribution in [0.5, 0.6) is 0 Å². The summed E-state index contributed by atoms with van der Waals surface area (Å²) in [6, 6.07) is 35.1. The number of rotatable bonds is 13. The van der Waals surface area contributed by atoms with Crippen molar-refractivity contribution in [3.8, 4) is 0 Å². The number of anilines is 2. The molecule has 0 saturated heterocycles. The molecule has 1 unspecified atom stereocenters. The minimum atomic E-state index is -1.52. The van der Waals surface area contributed by atoms with Crippen molar-refractivity contribution in [1.82, 2.24) is 5.32 Å². The zero-order chi connectivity index (χ0) is 42.0. The molecule has 0 radical (unpaired) electrons. The highest BCUT2D eigenvalue weighted by Crippen LogP contribution is 2.38. The van der Waals surface area contributed by atoms with Crippen LogP contribution in [0.25, 0.3) is 10.8 Å². The Labute approximate surface area is 340 Å². The minimum Gasteiger partial charge on any atom is -0.464 e. The molecule has 5 rings (SSSR count). The van der Waals surface area contributed by atoms with Crippen molar-refractivity contribution in [3.05, 3.63) is 144 Å². The maximum Gasteiger partial charge on any atom is 0.407 e. The average molecular weight is 803 g/mol. The summed E-state index contributed by atoms with van der Waals surface area (Å²) < 4.78 is 22.3. The maximum absolute atomic E-state index is 14.5. The first kappa shape index (κ1) is 42.9. The molecule has 0 aromatic heterocycles. The highest BCUT2D eigenvalue weighted by atomic mass is 28.3. The second-order valence-corrected chi connectivity index (χ2v) is 21.5. The fourth-order valence-corrected chi connectivity index (χ4v) is 6.96. The van der Waals surface area contributed by atoms with Crippen molar-refractivity contribution < 1.29 is 42.9 Å². The summed E-state index contributed by atoms with van der Waals surface area (Å²) >= 11 is 0. The van der Waals surface area contributed by atoms with Crippen molar-refractivity contribution in [2.24, 2.45) is 0 Å². The van der Waals surface area contributed by atoms with Gasteiger partial charge < -0.3 is 24.3 Å². The van der Waals surface area contributed by atoms with Gasteiger partial charge in [-0.2, -0.15) is 0 Å². The van der Waals surface area contributed by atoms with E-state index < -0.39 is 55.7 Å². The van der Waals surface area contributed by atoms with Crippen LogP contribution >= 0.6 is 0 Å². The lowest BCUT2D eigenvalue weighted by molar-refractivity contribution is -0.162. The molecular weight excluding hydrogens is 753 g/mol. The Morgan fingerprint density at radius 2 is 1.28 bits per heavy atom. The Morgan fingerprint density at radius 1 is 0.707 bits per heavy atom. The fraction of sp³-hybridized carbons (Fsp3) is 0.283. The molecule has 302 valence electrons. The summed E-state index contributed by atoms with van der Waals surface area (Å²) in [5.41, 5.74) is 1.46. The average Bonchev–Trinajstić information content (AvgIpc) is 3.19. The van der Waals surface area contributed by atoms with Crippen LogP contribution in [0.15, 0.2) is 121 Å². The zero-order valence-corrected chi connectivity index (χ0v) is 34.9. The molecule has 5 aromatic carbocycles. The van der Waals surface area contributed by atoms with Gasteiger partial charge in [-0.25, -0.2) is 19.2 Å². The number of nitrogens with one attached hydrogen (secondary N) is 1. The van der Waals surface area contributed by atoms with Crippen molar-refractivity contribution in [2.45, 2.75) is 70.6 Å². The largest absolute Gasteiger partial charge is 0.464 e. The molecule has 0 heterocycles. The summed E-state index contributed by atoms with van der Waals surface area (Å²) in [5.74, 6) is -3.54. The van der Waals surface area contributed by atoms with Crippen LogP contribution in [0.3, 0.4) is 0 Å². The lowest BCUT2D eigenvalue weighted by Crippen LogP contribution is -2.43. The molecule has 11 nitrogen and oxygen atoms in total. The Morgan fingerprint density at radius 3 is 1.86 bits per heavy atom. The second-order valence-electron chi connectivity index (χ2n) is 15.9. The highest BCUT2D eigenvalue weighted by Gasteiger charge is 2.34. The van der Waals surface area contributed by atoms with Gasteiger partial charge in [0.15, 0.2) is 6.10 Å². The minimum absolute atomic E-state index is 0.0188. The summed E-state index contributed by atoms with van der Waals surface area (Å²) in [6.45, 7) is 11.7. The number of para-hydroxylation sites is 1. The van der Waals surface area contributed by atoms with Gasteiger partial charge in [0.1, 0.15) is 11.6 Å². The topological polar surface area (TPSA) is 138 Å². The van der Waals surface area contributed by atoms with Gasteiger partial charge >= 0.3 is 29.9 Å². The van der Waals surface area contributed by atoms with Crippen LogP contribution in [-0.2, 0) is 39.8 Å². The highest BCUT2D eigenvalue weighted by molar-refractivity contribution is 6.76. The van der Waals surface area contributed by atoms with Gasteiger partial charge in [-0.1, -0.05) is 123 Å². The first-order valence-corrected chi connectivity index (χ1v) is 22.8. The normalized spacial score (nSPS) is 12.0. The molecule has 0 spiro atoms. The van der Waals surface area contributed by atoms with Gasteiger partial charge in [-0.05, 0) is 67.1 Å². The lowest BCUT2D eigenvalue weighted by Gasteiger charge is -2.28. The van der Waals surface area contributed by atoms with Crippen molar-refractivity contribution in [1.29, 1.82) is 0 Å². The van der Waals surface area contributed by atoms with E-state index in [9.17, 15) is 24.0 Å². The fourth-order valence-electron chi connectivity index (χ4n) is 6.25. The SMILES string of the molecule is COC(=O)NC(Cc1ccc(N(C(=O)C(=O)OC(C)(C)C)c2ccccc2C(=O)OC(c2ccccc2)c2ccccc2)c2ccccc12)C(=O)OCC[Si](C)(C)C. The molecule has 2 amide bonds. The number of benzene rings is 5. The van der Waals surface area contributed by atoms with E-state index in [2.05, 4.69) is 25.0 Å². The van der Waals surface area contributed by atoms with Gasteiger partial charge in [0.2, 0.25) is 0 Å². The predicted molar refractivity (Wildman–Crippen MR) is 226 cm³/mol. The van der Waals surface area contributed by atoms with Crippen LogP contribution in [0.4, 0.5) is 16.2 Å². The van der Waals surface area contributed by atoms with Crippen LogP contribution < -0.4 is 10.2 Å².